The molecule has 0 aliphatic rings. The summed E-state index contributed by atoms with van der Waals surface area (Å²) in [6, 6.07) is 0. The summed E-state index contributed by atoms with van der Waals surface area (Å²) in [6.45, 7) is 5.62. The normalized spacial score (nSPS) is 10.8. The molecule has 2 aromatic rings. The second-order valence-corrected chi connectivity index (χ2v) is 4.76. The van der Waals surface area contributed by atoms with Crippen LogP contribution in [0.3, 0.4) is 0 Å². The number of halogens is 1. The molecule has 0 amide bonds. The highest BCUT2D eigenvalue weighted by atomic mass is 79.9. The summed E-state index contributed by atoms with van der Waals surface area (Å²) in [5.74, 6) is 0. The molecule has 96 valence electrons. The van der Waals surface area contributed by atoms with Gasteiger partial charge in [-0.15, -0.1) is 0 Å². The summed E-state index contributed by atoms with van der Waals surface area (Å²) in [6.07, 6.45) is 5.04. The van der Waals surface area contributed by atoms with Crippen molar-refractivity contribution in [3.8, 4) is 0 Å². The van der Waals surface area contributed by atoms with Crippen LogP contribution in [-0.4, -0.2) is 25.6 Å². The summed E-state index contributed by atoms with van der Waals surface area (Å²) in [4.78, 5) is 14.6. The smallest absolute Gasteiger partial charge is 0.169 e. The van der Waals surface area contributed by atoms with Crippen LogP contribution in [0.1, 0.15) is 35.7 Å². The number of aldehydes is 1. The Balaban J connectivity index is 2.32. The minimum absolute atomic E-state index is 0.449. The molecule has 0 unspecified atom stereocenters. The number of hydrogen-bond donors (Lipinski definition) is 0. The van der Waals surface area contributed by atoms with Crippen LogP contribution in [0.2, 0.25) is 0 Å². The molecule has 0 saturated carbocycles. The molecule has 5 nitrogen and oxygen atoms in total. The molecule has 0 radical (unpaired) electrons. The number of nitrogens with zero attached hydrogens (tertiary/aromatic N) is 4. The van der Waals surface area contributed by atoms with E-state index in [-0.39, 0.29) is 0 Å². The predicted octanol–water partition coefficient (Wildman–Crippen LogP) is 2.29. The lowest BCUT2D eigenvalue weighted by atomic mass is 10.3. The summed E-state index contributed by atoms with van der Waals surface area (Å²) >= 11 is 3.60. The third kappa shape index (κ3) is 2.38. The van der Waals surface area contributed by atoms with Gasteiger partial charge in [0, 0.05) is 12.7 Å². The van der Waals surface area contributed by atoms with Crippen molar-refractivity contribution in [3.63, 3.8) is 0 Å². The average Bonchev–Trinajstić information content (AvgIpc) is 2.96. The van der Waals surface area contributed by atoms with Crippen LogP contribution in [0.15, 0.2) is 17.0 Å². The zero-order chi connectivity index (χ0) is 13.1. The molecule has 18 heavy (non-hydrogen) atoms. The van der Waals surface area contributed by atoms with Gasteiger partial charge in [0.15, 0.2) is 6.29 Å². The van der Waals surface area contributed by atoms with Gasteiger partial charge in [0.05, 0.1) is 28.7 Å². The number of imidazole rings is 1. The van der Waals surface area contributed by atoms with Crippen molar-refractivity contribution in [2.24, 2.45) is 0 Å². The summed E-state index contributed by atoms with van der Waals surface area (Å²) < 4.78 is 4.91. The first-order valence-corrected chi connectivity index (χ1v) is 6.69. The van der Waals surface area contributed by atoms with E-state index in [1.54, 1.807) is 12.5 Å². The van der Waals surface area contributed by atoms with Gasteiger partial charge in [0.2, 0.25) is 0 Å². The van der Waals surface area contributed by atoms with Gasteiger partial charge in [-0.3, -0.25) is 9.48 Å². The Kier molecular flexibility index (Phi) is 3.96. The molecule has 0 bridgehead atoms. The molecule has 0 saturated heterocycles. The van der Waals surface area contributed by atoms with Gasteiger partial charge in [-0.1, -0.05) is 6.92 Å². The Morgan fingerprint density at radius 1 is 1.44 bits per heavy atom. The van der Waals surface area contributed by atoms with Crippen LogP contribution in [0.5, 0.6) is 0 Å². The standard InChI is InChI=1S/C12H15BrN4O/c1-3-10-12(13)11(17(4-2)15-10)6-16-5-9(7-18)14-8-16/h5,7-8H,3-4,6H2,1-2H3. The summed E-state index contributed by atoms with van der Waals surface area (Å²) in [5.41, 5.74) is 2.61. The van der Waals surface area contributed by atoms with E-state index in [9.17, 15) is 4.79 Å². The molecule has 0 aliphatic heterocycles. The van der Waals surface area contributed by atoms with Crippen molar-refractivity contribution in [2.45, 2.75) is 33.4 Å². The summed E-state index contributed by atoms with van der Waals surface area (Å²) in [7, 11) is 0. The summed E-state index contributed by atoms with van der Waals surface area (Å²) in [5, 5.41) is 4.54. The maximum absolute atomic E-state index is 10.6. The number of aryl methyl sites for hydroxylation is 2. The lowest BCUT2D eigenvalue weighted by Crippen LogP contribution is -2.07. The fourth-order valence-electron chi connectivity index (χ4n) is 1.87. The van der Waals surface area contributed by atoms with Crippen LogP contribution in [-0.2, 0) is 19.5 Å². The van der Waals surface area contributed by atoms with Gasteiger partial charge in [0.1, 0.15) is 5.69 Å². The molecule has 2 rings (SSSR count). The van der Waals surface area contributed by atoms with Gasteiger partial charge in [-0.25, -0.2) is 4.98 Å². The highest BCUT2D eigenvalue weighted by Crippen LogP contribution is 2.23. The van der Waals surface area contributed by atoms with Crippen molar-refractivity contribution >= 4 is 22.2 Å². The van der Waals surface area contributed by atoms with Gasteiger partial charge in [-0.05, 0) is 29.3 Å². The molecule has 0 fully saturated rings. The van der Waals surface area contributed by atoms with E-state index in [4.69, 9.17) is 0 Å². The number of carbonyl (C=O) groups excluding carboxylic acids is 1. The van der Waals surface area contributed by atoms with Gasteiger partial charge in [0.25, 0.3) is 0 Å². The van der Waals surface area contributed by atoms with Crippen LogP contribution < -0.4 is 0 Å². The van der Waals surface area contributed by atoms with E-state index < -0.39 is 0 Å². The highest BCUT2D eigenvalue weighted by Gasteiger charge is 2.14. The average molecular weight is 311 g/mol. The second kappa shape index (κ2) is 5.48. The van der Waals surface area contributed by atoms with Crippen LogP contribution >= 0.6 is 15.9 Å². The maximum atomic E-state index is 10.6. The zero-order valence-corrected chi connectivity index (χ0v) is 12.0. The molecule has 0 spiro atoms. The fraction of sp³-hybridized carbons (Fsp3) is 0.417. The zero-order valence-electron chi connectivity index (χ0n) is 10.4. The van der Waals surface area contributed by atoms with Crippen molar-refractivity contribution < 1.29 is 4.79 Å². The molecule has 6 heteroatoms. The SMILES string of the molecule is CCc1nn(CC)c(Cn2cnc(C=O)c2)c1Br. The maximum Gasteiger partial charge on any atom is 0.169 e. The molecule has 2 heterocycles. The van der Waals surface area contributed by atoms with Crippen LogP contribution in [0.25, 0.3) is 0 Å². The molecule has 0 N–H and O–H groups in total. The fourth-order valence-corrected chi connectivity index (χ4v) is 2.56. The highest BCUT2D eigenvalue weighted by molar-refractivity contribution is 9.10. The van der Waals surface area contributed by atoms with Gasteiger partial charge in [-0.2, -0.15) is 5.10 Å². The number of hydrogen-bond acceptors (Lipinski definition) is 3. The molecular formula is C12H15BrN4O. The van der Waals surface area contributed by atoms with Crippen LogP contribution in [0, 0.1) is 0 Å². The monoisotopic (exact) mass is 310 g/mol. The Hall–Kier alpha value is -1.43. The van der Waals surface area contributed by atoms with E-state index in [0.29, 0.717) is 12.2 Å². The molecular weight excluding hydrogens is 296 g/mol. The second-order valence-electron chi connectivity index (χ2n) is 3.97. The Bertz CT molecular complexity index is 558. The van der Waals surface area contributed by atoms with Gasteiger partial charge < -0.3 is 4.57 Å². The van der Waals surface area contributed by atoms with Crippen molar-refractivity contribution in [1.82, 2.24) is 19.3 Å². The first kappa shape index (κ1) is 13.0. The molecule has 0 atom stereocenters. The van der Waals surface area contributed by atoms with Gasteiger partial charge >= 0.3 is 0 Å². The molecule has 0 aliphatic carbocycles. The first-order chi connectivity index (χ1) is 8.69. The quantitative estimate of drug-likeness (QED) is 0.796. The van der Waals surface area contributed by atoms with Crippen LogP contribution in [0.4, 0.5) is 0 Å². The third-order valence-electron chi connectivity index (χ3n) is 2.80. The van der Waals surface area contributed by atoms with Crippen molar-refractivity contribution in [1.29, 1.82) is 0 Å². The first-order valence-electron chi connectivity index (χ1n) is 5.90. The Labute approximate surface area is 114 Å². The van der Waals surface area contributed by atoms with E-state index in [1.165, 1.54) is 0 Å². The minimum atomic E-state index is 0.449. The van der Waals surface area contributed by atoms with E-state index in [2.05, 4.69) is 39.9 Å². The Morgan fingerprint density at radius 3 is 2.78 bits per heavy atom. The lowest BCUT2D eigenvalue weighted by Gasteiger charge is -2.05. The number of carbonyl (C=O) groups is 1. The number of rotatable bonds is 5. The lowest BCUT2D eigenvalue weighted by molar-refractivity contribution is 0.111. The van der Waals surface area contributed by atoms with E-state index in [0.717, 1.165) is 35.1 Å². The largest absolute Gasteiger partial charge is 0.331 e. The topological polar surface area (TPSA) is 52.7 Å². The van der Waals surface area contributed by atoms with Crippen molar-refractivity contribution in [2.75, 3.05) is 0 Å². The minimum Gasteiger partial charge on any atom is -0.331 e. The van der Waals surface area contributed by atoms with E-state index in [1.807, 2.05) is 9.25 Å². The molecule has 2 aromatic heterocycles. The van der Waals surface area contributed by atoms with E-state index >= 15 is 0 Å². The Morgan fingerprint density at radius 2 is 2.22 bits per heavy atom. The third-order valence-corrected chi connectivity index (χ3v) is 3.72. The predicted molar refractivity (Wildman–Crippen MR) is 71.7 cm³/mol. The molecule has 0 aromatic carbocycles. The van der Waals surface area contributed by atoms with Crippen molar-refractivity contribution in [3.05, 3.63) is 34.1 Å². The number of aromatic nitrogens is 4.